The molecule has 0 bridgehead atoms. The highest BCUT2D eigenvalue weighted by Gasteiger charge is 2.61. The number of nitrogens with one attached hydrogen (secondary N) is 2. The van der Waals surface area contributed by atoms with Crippen LogP contribution in [0.2, 0.25) is 0 Å². The monoisotopic (exact) mass is 337 g/mol. The zero-order valence-corrected chi connectivity index (χ0v) is 14.7. The minimum atomic E-state index is -0.539. The Labute approximate surface area is 142 Å². The maximum Gasteiger partial charge on any atom is 0.407 e. The molecule has 4 amide bonds. The van der Waals surface area contributed by atoms with E-state index in [1.165, 1.54) is 0 Å². The van der Waals surface area contributed by atoms with Crippen molar-refractivity contribution in [3.8, 4) is 0 Å². The lowest BCUT2D eigenvalue weighted by atomic mass is 9.85. The lowest BCUT2D eigenvalue weighted by molar-refractivity contribution is -0.122. The zero-order chi connectivity index (χ0) is 17.5. The molecule has 0 aromatic carbocycles. The van der Waals surface area contributed by atoms with Crippen molar-refractivity contribution in [3.05, 3.63) is 0 Å². The summed E-state index contributed by atoms with van der Waals surface area (Å²) in [7, 11) is 0. The summed E-state index contributed by atoms with van der Waals surface area (Å²) in [6.07, 6.45) is 4.82. The number of nitrogens with zero attached hydrogens (tertiary/aromatic N) is 1. The number of carbonyl (C=O) groups excluding carboxylic acids is 3. The third-order valence-corrected chi connectivity index (χ3v) is 5.14. The van der Waals surface area contributed by atoms with Gasteiger partial charge < -0.3 is 15.0 Å². The smallest absolute Gasteiger partial charge is 0.407 e. The molecule has 134 valence electrons. The number of ether oxygens (including phenoxy) is 1. The van der Waals surface area contributed by atoms with Crippen molar-refractivity contribution in [3.63, 3.8) is 0 Å². The van der Waals surface area contributed by atoms with Crippen LogP contribution in [0.1, 0.15) is 59.3 Å². The molecule has 3 rings (SSSR count). The van der Waals surface area contributed by atoms with Gasteiger partial charge in [0.15, 0.2) is 0 Å². The van der Waals surface area contributed by atoms with Crippen molar-refractivity contribution >= 4 is 18.0 Å². The Hall–Kier alpha value is -1.79. The predicted octanol–water partition coefficient (Wildman–Crippen LogP) is 2.15. The van der Waals surface area contributed by atoms with Crippen molar-refractivity contribution in [1.82, 2.24) is 15.5 Å². The van der Waals surface area contributed by atoms with E-state index in [-0.39, 0.29) is 24.1 Å². The predicted molar refractivity (Wildman–Crippen MR) is 87.3 cm³/mol. The van der Waals surface area contributed by atoms with Crippen molar-refractivity contribution in [1.29, 1.82) is 0 Å². The average Bonchev–Trinajstić information content (AvgIpc) is 3.21. The summed E-state index contributed by atoms with van der Waals surface area (Å²) in [5.74, 6) is 0.253. The van der Waals surface area contributed by atoms with E-state index >= 15 is 0 Å². The van der Waals surface area contributed by atoms with Gasteiger partial charge in [-0.25, -0.2) is 9.59 Å². The van der Waals surface area contributed by atoms with Crippen molar-refractivity contribution in [2.45, 2.75) is 76.5 Å². The molecule has 3 aliphatic rings. The molecule has 7 nitrogen and oxygen atoms in total. The topological polar surface area (TPSA) is 87.7 Å². The fourth-order valence-electron chi connectivity index (χ4n) is 3.69. The third kappa shape index (κ3) is 3.49. The Kier molecular flexibility index (Phi) is 4.21. The molecule has 1 spiro atoms. The van der Waals surface area contributed by atoms with Gasteiger partial charge in [-0.3, -0.25) is 10.1 Å². The minimum absolute atomic E-state index is 0.125. The summed E-state index contributed by atoms with van der Waals surface area (Å²) in [5, 5.41) is 5.37. The average molecular weight is 337 g/mol. The molecule has 3 fully saturated rings. The Morgan fingerprint density at radius 2 is 1.88 bits per heavy atom. The molecular weight excluding hydrogens is 310 g/mol. The molecule has 0 aromatic rings. The first-order valence-electron chi connectivity index (χ1n) is 8.82. The molecule has 2 saturated carbocycles. The van der Waals surface area contributed by atoms with E-state index in [0.29, 0.717) is 12.5 Å². The first kappa shape index (κ1) is 17.0. The third-order valence-electron chi connectivity index (χ3n) is 5.14. The summed E-state index contributed by atoms with van der Waals surface area (Å²) >= 11 is 0. The van der Waals surface area contributed by atoms with E-state index in [1.54, 1.807) is 4.90 Å². The van der Waals surface area contributed by atoms with Gasteiger partial charge in [-0.1, -0.05) is 0 Å². The molecule has 0 atom stereocenters. The molecule has 2 aliphatic carbocycles. The maximum atomic E-state index is 12.0. The fraction of sp³-hybridized carbons (Fsp3) is 0.824. The maximum absolute atomic E-state index is 12.0. The van der Waals surface area contributed by atoms with Gasteiger partial charge in [0.05, 0.1) is 0 Å². The number of imide groups is 1. The van der Waals surface area contributed by atoms with Crippen LogP contribution < -0.4 is 10.6 Å². The molecular formula is C17H27N3O4. The Bertz CT molecular complexity index is 543. The molecule has 0 aromatic heterocycles. The van der Waals surface area contributed by atoms with E-state index < -0.39 is 11.1 Å². The highest BCUT2D eigenvalue weighted by molar-refractivity contribution is 6.08. The van der Waals surface area contributed by atoms with E-state index in [4.69, 9.17) is 4.74 Å². The number of carbonyl (C=O) groups is 3. The number of hydrogen-bond donors (Lipinski definition) is 2. The Morgan fingerprint density at radius 1 is 1.25 bits per heavy atom. The lowest BCUT2D eigenvalue weighted by Gasteiger charge is -2.33. The number of alkyl carbamates (subject to hydrolysis) is 1. The van der Waals surface area contributed by atoms with Crippen LogP contribution in [0.4, 0.5) is 9.59 Å². The second-order valence-electron chi connectivity index (χ2n) is 8.27. The first-order valence-corrected chi connectivity index (χ1v) is 8.82. The van der Waals surface area contributed by atoms with Crippen LogP contribution in [-0.2, 0) is 9.53 Å². The molecule has 0 radical (unpaired) electrons. The van der Waals surface area contributed by atoms with Crippen LogP contribution in [-0.4, -0.2) is 46.7 Å². The van der Waals surface area contributed by atoms with Crippen molar-refractivity contribution in [2.24, 2.45) is 5.92 Å². The van der Waals surface area contributed by atoms with Crippen LogP contribution in [0.25, 0.3) is 0 Å². The zero-order valence-electron chi connectivity index (χ0n) is 14.7. The minimum Gasteiger partial charge on any atom is -0.444 e. The number of urea groups is 1. The van der Waals surface area contributed by atoms with E-state index in [9.17, 15) is 14.4 Å². The molecule has 1 saturated heterocycles. The van der Waals surface area contributed by atoms with Gasteiger partial charge in [-0.2, -0.15) is 0 Å². The molecule has 1 heterocycles. The van der Waals surface area contributed by atoms with Crippen molar-refractivity contribution in [2.75, 3.05) is 6.54 Å². The van der Waals surface area contributed by atoms with E-state index in [0.717, 1.165) is 38.5 Å². The Morgan fingerprint density at radius 3 is 2.42 bits per heavy atom. The normalized spacial score (nSPS) is 28.7. The van der Waals surface area contributed by atoms with Crippen LogP contribution in [0.15, 0.2) is 0 Å². The lowest BCUT2D eigenvalue weighted by Crippen LogP contribution is -2.44. The standard InChI is InChI=1S/C17H27N3O4/c1-16(2,3)24-15(23)18-12-6-4-11(5-7-12)10-20-14(22)19-13(21)17(20)8-9-17/h11-12H,4-10H2,1-3H3,(H,18,23)(H,19,21,22). The second kappa shape index (κ2) is 5.93. The summed E-state index contributed by atoms with van der Waals surface area (Å²) < 4.78 is 5.29. The SMILES string of the molecule is CC(C)(C)OC(=O)NC1CCC(CN2C(=O)NC(=O)C23CC3)CC1. The number of rotatable bonds is 3. The highest BCUT2D eigenvalue weighted by Crippen LogP contribution is 2.45. The van der Waals surface area contributed by atoms with Crippen LogP contribution >= 0.6 is 0 Å². The van der Waals surface area contributed by atoms with Crippen LogP contribution in [0, 0.1) is 5.92 Å². The fourth-order valence-corrected chi connectivity index (χ4v) is 3.69. The number of hydrogen-bond acceptors (Lipinski definition) is 4. The van der Waals surface area contributed by atoms with Gasteiger partial charge in [-0.05, 0) is 65.2 Å². The van der Waals surface area contributed by atoms with Gasteiger partial charge in [-0.15, -0.1) is 0 Å². The second-order valence-corrected chi connectivity index (χ2v) is 8.27. The van der Waals surface area contributed by atoms with Gasteiger partial charge in [0.1, 0.15) is 11.1 Å². The van der Waals surface area contributed by atoms with Crippen LogP contribution in [0.5, 0.6) is 0 Å². The number of amides is 4. The Balaban J connectivity index is 1.45. The van der Waals surface area contributed by atoms with Crippen molar-refractivity contribution < 1.29 is 19.1 Å². The quantitative estimate of drug-likeness (QED) is 0.773. The van der Waals surface area contributed by atoms with Gasteiger partial charge in [0, 0.05) is 12.6 Å². The molecule has 2 N–H and O–H groups in total. The first-order chi connectivity index (χ1) is 11.2. The molecule has 0 unspecified atom stereocenters. The molecule has 1 aliphatic heterocycles. The van der Waals surface area contributed by atoms with Crippen LogP contribution in [0.3, 0.4) is 0 Å². The molecule has 24 heavy (non-hydrogen) atoms. The largest absolute Gasteiger partial charge is 0.444 e. The summed E-state index contributed by atoms with van der Waals surface area (Å²) in [6.45, 7) is 6.18. The van der Waals surface area contributed by atoms with E-state index in [2.05, 4.69) is 10.6 Å². The summed E-state index contributed by atoms with van der Waals surface area (Å²) in [4.78, 5) is 37.4. The summed E-state index contributed by atoms with van der Waals surface area (Å²) in [5.41, 5.74) is -1.03. The summed E-state index contributed by atoms with van der Waals surface area (Å²) in [6, 6.07) is -0.119. The van der Waals surface area contributed by atoms with E-state index in [1.807, 2.05) is 20.8 Å². The molecule has 7 heteroatoms. The van der Waals surface area contributed by atoms with Gasteiger partial charge >= 0.3 is 12.1 Å². The van der Waals surface area contributed by atoms with Gasteiger partial charge in [0.25, 0.3) is 5.91 Å². The highest BCUT2D eigenvalue weighted by atomic mass is 16.6. The van der Waals surface area contributed by atoms with Gasteiger partial charge in [0.2, 0.25) is 0 Å².